The predicted octanol–water partition coefficient (Wildman–Crippen LogP) is 12.9. The van der Waals surface area contributed by atoms with Gasteiger partial charge in [0.25, 0.3) is 0 Å². The van der Waals surface area contributed by atoms with Crippen LogP contribution in [0.4, 0.5) is 17.1 Å². The van der Waals surface area contributed by atoms with Crippen molar-refractivity contribution < 1.29 is 4.42 Å². The number of oxazole rings is 1. The van der Waals surface area contributed by atoms with Crippen LogP contribution in [0.2, 0.25) is 0 Å². The van der Waals surface area contributed by atoms with Gasteiger partial charge >= 0.3 is 0 Å². The number of hydrogen-bond acceptors (Lipinski definition) is 3. The molecule has 10 aromatic rings. The number of aromatic nitrogens is 2. The van der Waals surface area contributed by atoms with Crippen molar-refractivity contribution in [2.45, 2.75) is 0 Å². The summed E-state index contributed by atoms with van der Waals surface area (Å²) < 4.78 is 8.73. The smallest absolute Gasteiger partial charge is 0.227 e. The Balaban J connectivity index is 1.06. The maximum absolute atomic E-state index is 6.37. The molecule has 0 amide bonds. The first kappa shape index (κ1) is 29.0. The van der Waals surface area contributed by atoms with Gasteiger partial charge in [0.2, 0.25) is 5.89 Å². The standard InChI is InChI=1S/C47H31N3O/c1-2-10-32(11-3-1)33-18-23-36(24-19-33)49(37-25-20-35(21-26-37)47-48-43-31-22-34-12-4-5-13-40(34)46(43)51-47)38-27-29-39(30-28-38)50-44-16-8-6-14-41(44)42-15-7-9-17-45(42)50/h1-31H. The minimum atomic E-state index is 0.613. The molecule has 10 rings (SSSR count). The van der Waals surface area contributed by atoms with Crippen molar-refractivity contribution in [2.75, 3.05) is 4.90 Å². The normalized spacial score (nSPS) is 11.5. The van der Waals surface area contributed by atoms with E-state index >= 15 is 0 Å². The molecule has 0 saturated carbocycles. The van der Waals surface area contributed by atoms with Gasteiger partial charge in [0.05, 0.1) is 11.0 Å². The van der Waals surface area contributed by atoms with E-state index in [9.17, 15) is 0 Å². The quantitative estimate of drug-likeness (QED) is 0.179. The van der Waals surface area contributed by atoms with E-state index in [1.54, 1.807) is 0 Å². The Kier molecular flexibility index (Phi) is 6.78. The third-order valence-corrected chi connectivity index (χ3v) is 9.83. The number of fused-ring (bicyclic) bond motifs is 6. The topological polar surface area (TPSA) is 34.2 Å². The van der Waals surface area contributed by atoms with Gasteiger partial charge in [0.15, 0.2) is 5.58 Å². The molecule has 8 aromatic carbocycles. The number of anilines is 3. The molecule has 2 aromatic heterocycles. The largest absolute Gasteiger partial charge is 0.435 e. The molecule has 0 radical (unpaired) electrons. The van der Waals surface area contributed by atoms with Gasteiger partial charge in [-0.1, -0.05) is 109 Å². The predicted molar refractivity (Wildman–Crippen MR) is 211 cm³/mol. The summed E-state index contributed by atoms with van der Waals surface area (Å²) in [6.07, 6.45) is 0. The molecular formula is C47H31N3O. The lowest BCUT2D eigenvalue weighted by molar-refractivity contribution is 0.623. The molecular weight excluding hydrogens is 623 g/mol. The maximum atomic E-state index is 6.37. The van der Waals surface area contributed by atoms with Gasteiger partial charge in [-0.15, -0.1) is 0 Å². The van der Waals surface area contributed by atoms with Crippen molar-refractivity contribution >= 4 is 60.7 Å². The Bertz CT molecular complexity index is 2780. The number of nitrogens with zero attached hydrogens (tertiary/aromatic N) is 3. The van der Waals surface area contributed by atoms with Crippen LogP contribution in [0.3, 0.4) is 0 Å². The van der Waals surface area contributed by atoms with Crippen molar-refractivity contribution in [1.29, 1.82) is 0 Å². The highest BCUT2D eigenvalue weighted by Crippen LogP contribution is 2.39. The van der Waals surface area contributed by atoms with Crippen LogP contribution < -0.4 is 4.90 Å². The average molecular weight is 654 g/mol. The minimum absolute atomic E-state index is 0.613. The molecule has 0 spiro atoms. The fourth-order valence-corrected chi connectivity index (χ4v) is 7.36. The summed E-state index contributed by atoms with van der Waals surface area (Å²) in [4.78, 5) is 7.16. The SMILES string of the molecule is c1ccc(-c2ccc(N(c3ccc(-c4nc5ccc6ccccc6c5o4)cc3)c3ccc(-n4c5ccccc5c5ccccc54)cc3)cc2)cc1. The number of hydrogen-bond donors (Lipinski definition) is 0. The maximum Gasteiger partial charge on any atom is 0.227 e. The zero-order chi connectivity index (χ0) is 33.7. The molecule has 0 aliphatic rings. The summed E-state index contributed by atoms with van der Waals surface area (Å²) in [6.45, 7) is 0. The molecule has 0 saturated heterocycles. The highest BCUT2D eigenvalue weighted by Gasteiger charge is 2.17. The summed E-state index contributed by atoms with van der Waals surface area (Å²) in [5.41, 5.74) is 11.7. The van der Waals surface area contributed by atoms with E-state index in [1.807, 2.05) is 18.2 Å². The lowest BCUT2D eigenvalue weighted by Gasteiger charge is -2.26. The van der Waals surface area contributed by atoms with Crippen LogP contribution in [0, 0.1) is 0 Å². The Labute approximate surface area is 295 Å². The Hall–Kier alpha value is -6.91. The van der Waals surface area contributed by atoms with Crippen molar-refractivity contribution in [1.82, 2.24) is 9.55 Å². The second-order valence-electron chi connectivity index (χ2n) is 12.8. The number of para-hydroxylation sites is 2. The van der Waals surface area contributed by atoms with Crippen LogP contribution in [-0.4, -0.2) is 9.55 Å². The van der Waals surface area contributed by atoms with Crippen molar-refractivity contribution in [3.63, 3.8) is 0 Å². The highest BCUT2D eigenvalue weighted by molar-refractivity contribution is 6.09. The first-order valence-corrected chi connectivity index (χ1v) is 17.2. The van der Waals surface area contributed by atoms with E-state index in [0.29, 0.717) is 5.89 Å². The van der Waals surface area contributed by atoms with Crippen LogP contribution in [0.5, 0.6) is 0 Å². The van der Waals surface area contributed by atoms with Crippen molar-refractivity contribution in [3.05, 3.63) is 188 Å². The lowest BCUT2D eigenvalue weighted by Crippen LogP contribution is -2.10. The van der Waals surface area contributed by atoms with Crippen molar-refractivity contribution in [3.8, 4) is 28.3 Å². The molecule has 0 aliphatic heterocycles. The van der Waals surface area contributed by atoms with Crippen LogP contribution >= 0.6 is 0 Å². The third kappa shape index (κ3) is 4.96. The third-order valence-electron chi connectivity index (χ3n) is 9.83. The average Bonchev–Trinajstić information content (AvgIpc) is 3.80. The Morgan fingerprint density at radius 3 is 1.57 bits per heavy atom. The summed E-state index contributed by atoms with van der Waals surface area (Å²) in [7, 11) is 0. The number of rotatable bonds is 6. The summed E-state index contributed by atoms with van der Waals surface area (Å²) >= 11 is 0. The first-order valence-electron chi connectivity index (χ1n) is 17.2. The molecule has 0 aliphatic carbocycles. The van der Waals surface area contributed by atoms with Gasteiger partial charge in [-0.3, -0.25) is 0 Å². The van der Waals surface area contributed by atoms with Gasteiger partial charge < -0.3 is 13.9 Å². The second-order valence-corrected chi connectivity index (χ2v) is 12.8. The van der Waals surface area contributed by atoms with E-state index in [4.69, 9.17) is 9.40 Å². The monoisotopic (exact) mass is 653 g/mol. The molecule has 0 N–H and O–H groups in total. The molecule has 0 unspecified atom stereocenters. The molecule has 4 heteroatoms. The molecule has 240 valence electrons. The van der Waals surface area contributed by atoms with E-state index in [-0.39, 0.29) is 0 Å². The molecule has 0 bridgehead atoms. The van der Waals surface area contributed by atoms with Gasteiger partial charge in [-0.05, 0) is 95.4 Å². The Morgan fingerprint density at radius 1 is 0.412 bits per heavy atom. The number of benzene rings is 8. The minimum Gasteiger partial charge on any atom is -0.435 e. The zero-order valence-electron chi connectivity index (χ0n) is 27.6. The van der Waals surface area contributed by atoms with Gasteiger partial charge in [-0.2, -0.15) is 0 Å². The molecule has 4 nitrogen and oxygen atoms in total. The van der Waals surface area contributed by atoms with Gasteiger partial charge in [0, 0.05) is 44.5 Å². The summed E-state index contributed by atoms with van der Waals surface area (Å²) in [6, 6.07) is 66.3. The molecule has 0 fully saturated rings. The van der Waals surface area contributed by atoms with E-state index < -0.39 is 0 Å². The second kappa shape index (κ2) is 11.9. The Morgan fingerprint density at radius 2 is 0.922 bits per heavy atom. The van der Waals surface area contributed by atoms with Crippen LogP contribution in [-0.2, 0) is 0 Å². The van der Waals surface area contributed by atoms with E-state index in [1.165, 1.54) is 32.9 Å². The molecule has 0 atom stereocenters. The summed E-state index contributed by atoms with van der Waals surface area (Å²) in [5.74, 6) is 0.613. The van der Waals surface area contributed by atoms with Gasteiger partial charge in [0.1, 0.15) is 5.52 Å². The fraction of sp³-hybridized carbons (Fsp3) is 0. The van der Waals surface area contributed by atoms with E-state index in [2.05, 4.69) is 179 Å². The molecule has 51 heavy (non-hydrogen) atoms. The highest BCUT2D eigenvalue weighted by atomic mass is 16.3. The van der Waals surface area contributed by atoms with Gasteiger partial charge in [-0.25, -0.2) is 4.98 Å². The van der Waals surface area contributed by atoms with Crippen molar-refractivity contribution in [2.24, 2.45) is 0 Å². The first-order chi connectivity index (χ1) is 25.3. The lowest BCUT2D eigenvalue weighted by atomic mass is 10.0. The summed E-state index contributed by atoms with van der Waals surface area (Å²) in [5, 5.41) is 4.72. The van der Waals surface area contributed by atoms with Crippen LogP contribution in [0.15, 0.2) is 192 Å². The van der Waals surface area contributed by atoms with E-state index in [0.717, 1.165) is 50.2 Å². The zero-order valence-corrected chi connectivity index (χ0v) is 27.6. The fourth-order valence-electron chi connectivity index (χ4n) is 7.36. The van der Waals surface area contributed by atoms with Crippen LogP contribution in [0.1, 0.15) is 0 Å². The molecule has 2 heterocycles. The van der Waals surface area contributed by atoms with Crippen LogP contribution in [0.25, 0.3) is 71.9 Å².